The number of fused-ring (bicyclic) bond motifs is 1. The summed E-state index contributed by atoms with van der Waals surface area (Å²) in [5.74, 6) is 1.66. The number of benzene rings is 1. The standard InChI is InChI=1S/C16H18O2/c1-3-16(4-2)12(10-15(16)17)14-9-11-7-5-6-8-13(11)18-14/h5-9,12H,3-4,10H2,1-2H3. The highest BCUT2D eigenvalue weighted by atomic mass is 16.3. The van der Waals surface area contributed by atoms with Gasteiger partial charge in [-0.25, -0.2) is 0 Å². The van der Waals surface area contributed by atoms with Gasteiger partial charge in [0.15, 0.2) is 0 Å². The van der Waals surface area contributed by atoms with Crippen LogP contribution in [0.4, 0.5) is 0 Å². The fourth-order valence-corrected chi connectivity index (χ4v) is 3.33. The number of para-hydroxylation sites is 1. The Bertz CT molecular complexity index is 557. The molecule has 3 rings (SSSR count). The van der Waals surface area contributed by atoms with E-state index in [4.69, 9.17) is 4.42 Å². The molecule has 1 saturated carbocycles. The van der Waals surface area contributed by atoms with Crippen LogP contribution in [0.25, 0.3) is 11.0 Å². The maximum absolute atomic E-state index is 12.0. The molecule has 0 aliphatic heterocycles. The largest absolute Gasteiger partial charge is 0.461 e. The Morgan fingerprint density at radius 1 is 1.28 bits per heavy atom. The minimum atomic E-state index is -0.173. The summed E-state index contributed by atoms with van der Waals surface area (Å²) in [5.41, 5.74) is 0.751. The number of Topliss-reactive ketones (excluding diaryl/α,β-unsaturated/α-hetero) is 1. The van der Waals surface area contributed by atoms with E-state index in [1.807, 2.05) is 18.2 Å². The van der Waals surface area contributed by atoms with Crippen LogP contribution in [-0.4, -0.2) is 5.78 Å². The Balaban J connectivity index is 2.02. The van der Waals surface area contributed by atoms with Crippen molar-refractivity contribution in [1.82, 2.24) is 0 Å². The van der Waals surface area contributed by atoms with Crippen LogP contribution in [-0.2, 0) is 4.79 Å². The first-order chi connectivity index (χ1) is 8.71. The molecule has 1 heterocycles. The van der Waals surface area contributed by atoms with Crippen molar-refractivity contribution in [2.75, 3.05) is 0 Å². The van der Waals surface area contributed by atoms with Gasteiger partial charge in [0.2, 0.25) is 0 Å². The van der Waals surface area contributed by atoms with Crippen molar-refractivity contribution in [3.63, 3.8) is 0 Å². The fraction of sp³-hybridized carbons (Fsp3) is 0.438. The third-order valence-corrected chi connectivity index (χ3v) is 4.66. The minimum absolute atomic E-state index is 0.173. The molecule has 1 aliphatic carbocycles. The number of carbonyl (C=O) groups is 1. The Hall–Kier alpha value is -1.57. The quantitative estimate of drug-likeness (QED) is 0.803. The molecule has 2 heteroatoms. The van der Waals surface area contributed by atoms with Crippen LogP contribution in [0.15, 0.2) is 34.7 Å². The van der Waals surface area contributed by atoms with Crippen molar-refractivity contribution < 1.29 is 9.21 Å². The number of furan rings is 1. The first-order valence-corrected chi connectivity index (χ1v) is 6.73. The SMILES string of the molecule is CCC1(CC)C(=O)CC1c1cc2ccccc2o1. The average molecular weight is 242 g/mol. The van der Waals surface area contributed by atoms with E-state index in [-0.39, 0.29) is 11.3 Å². The summed E-state index contributed by atoms with van der Waals surface area (Å²) in [7, 11) is 0. The van der Waals surface area contributed by atoms with Crippen molar-refractivity contribution in [3.8, 4) is 0 Å². The van der Waals surface area contributed by atoms with E-state index in [9.17, 15) is 4.79 Å². The Morgan fingerprint density at radius 3 is 2.61 bits per heavy atom. The summed E-state index contributed by atoms with van der Waals surface area (Å²) < 4.78 is 5.93. The van der Waals surface area contributed by atoms with Crippen LogP contribution < -0.4 is 0 Å². The summed E-state index contributed by atoms with van der Waals surface area (Å²) in [5, 5.41) is 1.13. The van der Waals surface area contributed by atoms with Crippen LogP contribution in [0.3, 0.4) is 0 Å². The lowest BCUT2D eigenvalue weighted by atomic mass is 9.55. The molecule has 94 valence electrons. The fourth-order valence-electron chi connectivity index (χ4n) is 3.33. The van der Waals surface area contributed by atoms with E-state index >= 15 is 0 Å². The molecule has 0 spiro atoms. The van der Waals surface area contributed by atoms with Gasteiger partial charge < -0.3 is 4.42 Å². The molecule has 1 aromatic heterocycles. The summed E-state index contributed by atoms with van der Waals surface area (Å²) in [4.78, 5) is 12.0. The number of rotatable bonds is 3. The maximum atomic E-state index is 12.0. The third kappa shape index (κ3) is 1.38. The zero-order valence-electron chi connectivity index (χ0n) is 10.9. The second kappa shape index (κ2) is 3.98. The third-order valence-electron chi connectivity index (χ3n) is 4.66. The first-order valence-electron chi connectivity index (χ1n) is 6.73. The Morgan fingerprint density at radius 2 is 2.00 bits per heavy atom. The molecule has 2 aromatic rings. The molecule has 0 amide bonds. The molecule has 1 aliphatic rings. The summed E-state index contributed by atoms with van der Waals surface area (Å²) in [6.07, 6.45) is 2.45. The van der Waals surface area contributed by atoms with Gasteiger partial charge in [0.25, 0.3) is 0 Å². The molecule has 0 radical (unpaired) electrons. The molecule has 1 unspecified atom stereocenters. The van der Waals surface area contributed by atoms with Crippen LogP contribution in [0, 0.1) is 5.41 Å². The van der Waals surface area contributed by atoms with E-state index in [0.717, 1.165) is 29.6 Å². The van der Waals surface area contributed by atoms with E-state index in [1.165, 1.54) is 0 Å². The van der Waals surface area contributed by atoms with Gasteiger partial charge in [0.1, 0.15) is 17.1 Å². The van der Waals surface area contributed by atoms with Crippen LogP contribution in [0.1, 0.15) is 44.8 Å². The van der Waals surface area contributed by atoms with E-state index in [1.54, 1.807) is 0 Å². The molecular weight excluding hydrogens is 224 g/mol. The second-order valence-electron chi connectivity index (χ2n) is 5.23. The highest BCUT2D eigenvalue weighted by Gasteiger charge is 2.53. The smallest absolute Gasteiger partial charge is 0.140 e. The molecule has 18 heavy (non-hydrogen) atoms. The van der Waals surface area contributed by atoms with Gasteiger partial charge in [0, 0.05) is 23.1 Å². The van der Waals surface area contributed by atoms with E-state index < -0.39 is 0 Å². The molecule has 0 N–H and O–H groups in total. The van der Waals surface area contributed by atoms with Gasteiger partial charge >= 0.3 is 0 Å². The lowest BCUT2D eigenvalue weighted by Crippen LogP contribution is -2.47. The van der Waals surface area contributed by atoms with Gasteiger partial charge in [-0.1, -0.05) is 32.0 Å². The summed E-state index contributed by atoms with van der Waals surface area (Å²) in [6.45, 7) is 4.21. The molecule has 1 atom stereocenters. The Kier molecular flexibility index (Phi) is 2.54. The van der Waals surface area contributed by atoms with Gasteiger partial charge in [-0.05, 0) is 25.0 Å². The molecular formula is C16H18O2. The van der Waals surface area contributed by atoms with Gasteiger partial charge in [-0.15, -0.1) is 0 Å². The molecule has 0 bridgehead atoms. The van der Waals surface area contributed by atoms with E-state index in [0.29, 0.717) is 12.2 Å². The number of hydrogen-bond donors (Lipinski definition) is 0. The van der Waals surface area contributed by atoms with Crippen LogP contribution >= 0.6 is 0 Å². The van der Waals surface area contributed by atoms with Crippen molar-refractivity contribution in [3.05, 3.63) is 36.1 Å². The molecule has 1 aromatic carbocycles. The van der Waals surface area contributed by atoms with Crippen molar-refractivity contribution in [2.45, 2.75) is 39.0 Å². The zero-order valence-corrected chi connectivity index (χ0v) is 10.9. The van der Waals surface area contributed by atoms with E-state index in [2.05, 4.69) is 26.0 Å². The summed E-state index contributed by atoms with van der Waals surface area (Å²) in [6, 6.07) is 10.1. The van der Waals surface area contributed by atoms with Crippen molar-refractivity contribution >= 4 is 16.8 Å². The summed E-state index contributed by atoms with van der Waals surface area (Å²) >= 11 is 0. The lowest BCUT2D eigenvalue weighted by Gasteiger charge is -2.46. The lowest BCUT2D eigenvalue weighted by molar-refractivity contribution is -0.142. The van der Waals surface area contributed by atoms with Crippen LogP contribution in [0.5, 0.6) is 0 Å². The van der Waals surface area contributed by atoms with Gasteiger partial charge in [-0.2, -0.15) is 0 Å². The monoisotopic (exact) mass is 242 g/mol. The second-order valence-corrected chi connectivity index (χ2v) is 5.23. The predicted octanol–water partition coefficient (Wildman–Crippen LogP) is 4.30. The number of hydrogen-bond acceptors (Lipinski definition) is 2. The maximum Gasteiger partial charge on any atom is 0.140 e. The highest BCUT2D eigenvalue weighted by Crippen LogP contribution is 2.55. The number of ketones is 1. The minimum Gasteiger partial charge on any atom is -0.461 e. The Labute approximate surface area is 107 Å². The molecule has 2 nitrogen and oxygen atoms in total. The van der Waals surface area contributed by atoms with Crippen molar-refractivity contribution in [2.24, 2.45) is 5.41 Å². The first kappa shape index (κ1) is 11.5. The normalized spacial score (nSPS) is 22.1. The highest BCUT2D eigenvalue weighted by molar-refractivity contribution is 5.93. The average Bonchev–Trinajstić information content (AvgIpc) is 2.80. The molecule has 1 fully saturated rings. The molecule has 0 saturated heterocycles. The zero-order chi connectivity index (χ0) is 12.8. The topological polar surface area (TPSA) is 30.2 Å². The predicted molar refractivity (Wildman–Crippen MR) is 71.6 cm³/mol. The van der Waals surface area contributed by atoms with Gasteiger partial charge in [-0.3, -0.25) is 4.79 Å². The van der Waals surface area contributed by atoms with Crippen molar-refractivity contribution in [1.29, 1.82) is 0 Å². The van der Waals surface area contributed by atoms with Crippen LogP contribution in [0.2, 0.25) is 0 Å². The number of carbonyl (C=O) groups excluding carboxylic acids is 1. The van der Waals surface area contributed by atoms with Gasteiger partial charge in [0.05, 0.1) is 0 Å².